The van der Waals surface area contributed by atoms with Gasteiger partial charge in [0, 0.05) is 43.5 Å². The molecule has 0 spiro atoms. The minimum atomic E-state index is -0.262. The zero-order valence-corrected chi connectivity index (χ0v) is 20.3. The van der Waals surface area contributed by atoms with Crippen molar-refractivity contribution >= 4 is 29.2 Å². The third kappa shape index (κ3) is 7.61. The van der Waals surface area contributed by atoms with E-state index >= 15 is 0 Å². The van der Waals surface area contributed by atoms with Gasteiger partial charge in [-0.15, -0.1) is 0 Å². The van der Waals surface area contributed by atoms with Gasteiger partial charge in [-0.05, 0) is 63.8 Å². The number of nitrogens with two attached hydrogens (primary N) is 1. The van der Waals surface area contributed by atoms with Gasteiger partial charge in [-0.1, -0.05) is 0 Å². The minimum absolute atomic E-state index is 0.0373. The predicted molar refractivity (Wildman–Crippen MR) is 133 cm³/mol. The molecule has 0 radical (unpaired) electrons. The second kappa shape index (κ2) is 12.1. The summed E-state index contributed by atoms with van der Waals surface area (Å²) in [4.78, 5) is 33.6. The molecule has 1 atom stereocenters. The number of rotatable bonds is 5. The first-order valence-electron chi connectivity index (χ1n) is 11.5. The Labute approximate surface area is 204 Å². The zero-order valence-electron chi connectivity index (χ0n) is 20.3. The molecule has 1 saturated heterocycles. The van der Waals surface area contributed by atoms with Crippen molar-refractivity contribution in [1.82, 2.24) is 20.3 Å². The summed E-state index contributed by atoms with van der Waals surface area (Å²) in [6.07, 6.45) is 7.75. The van der Waals surface area contributed by atoms with Gasteiger partial charge in [0.15, 0.2) is 0 Å². The van der Waals surface area contributed by atoms with Crippen LogP contribution in [-0.4, -0.2) is 52.6 Å². The maximum atomic E-state index is 11.8. The first-order chi connectivity index (χ1) is 16.8. The van der Waals surface area contributed by atoms with Crippen molar-refractivity contribution in [1.29, 1.82) is 0 Å². The Morgan fingerprint density at radius 1 is 1.20 bits per heavy atom. The number of hydrogen-bond acceptors (Lipinski definition) is 8. The molecule has 186 valence electrons. The smallest absolute Gasteiger partial charge is 0.269 e. The van der Waals surface area contributed by atoms with Crippen molar-refractivity contribution in [2.45, 2.75) is 51.2 Å². The minimum Gasteiger partial charge on any atom is -0.457 e. The maximum Gasteiger partial charge on any atom is 0.269 e. The number of amides is 2. The predicted octanol–water partition coefficient (Wildman–Crippen LogP) is 3.43. The SMILES string of the molecule is CNC(=O)c1cc(Oc2ccc3nc(NC4CCCC(C)(C)OCC4)ncc3c2)ccn1.NC=O. The number of fused-ring (bicyclic) bond motifs is 1. The number of anilines is 1. The third-order valence-electron chi connectivity index (χ3n) is 5.60. The topological polar surface area (TPSA) is 141 Å². The monoisotopic (exact) mass is 480 g/mol. The van der Waals surface area contributed by atoms with Crippen LogP contribution in [-0.2, 0) is 9.53 Å². The molecule has 1 aliphatic rings. The van der Waals surface area contributed by atoms with E-state index in [1.807, 2.05) is 18.2 Å². The fourth-order valence-corrected chi connectivity index (χ4v) is 3.80. The number of benzene rings is 1. The Bertz CT molecular complexity index is 1140. The van der Waals surface area contributed by atoms with Gasteiger partial charge in [-0.25, -0.2) is 9.97 Å². The number of ether oxygens (including phenoxy) is 2. The molecule has 1 unspecified atom stereocenters. The normalized spacial score (nSPS) is 17.2. The van der Waals surface area contributed by atoms with E-state index in [0.717, 1.165) is 43.2 Å². The maximum absolute atomic E-state index is 11.8. The molecule has 1 aromatic carbocycles. The molecule has 1 aliphatic heterocycles. The molecule has 0 bridgehead atoms. The van der Waals surface area contributed by atoms with Gasteiger partial charge in [-0.2, -0.15) is 0 Å². The van der Waals surface area contributed by atoms with Crippen LogP contribution in [0.5, 0.6) is 11.5 Å². The summed E-state index contributed by atoms with van der Waals surface area (Å²) in [6.45, 7) is 5.04. The molecule has 2 aromatic heterocycles. The molecule has 3 aromatic rings. The Morgan fingerprint density at radius 3 is 2.74 bits per heavy atom. The number of nitrogens with zero attached hydrogens (tertiary/aromatic N) is 3. The lowest BCUT2D eigenvalue weighted by Crippen LogP contribution is -2.32. The molecule has 0 saturated carbocycles. The lowest BCUT2D eigenvalue weighted by atomic mass is 9.96. The molecule has 0 aliphatic carbocycles. The van der Waals surface area contributed by atoms with Crippen molar-refractivity contribution in [3.8, 4) is 11.5 Å². The first-order valence-corrected chi connectivity index (χ1v) is 11.5. The van der Waals surface area contributed by atoms with E-state index in [1.165, 1.54) is 0 Å². The first kappa shape index (κ1) is 25.8. The summed E-state index contributed by atoms with van der Waals surface area (Å²) in [5, 5.41) is 6.89. The summed E-state index contributed by atoms with van der Waals surface area (Å²) in [6, 6.07) is 9.25. The Balaban J connectivity index is 0.00000108. The molecule has 4 rings (SSSR count). The summed E-state index contributed by atoms with van der Waals surface area (Å²) in [7, 11) is 1.57. The van der Waals surface area contributed by atoms with E-state index in [4.69, 9.17) is 14.3 Å². The number of pyridine rings is 1. The van der Waals surface area contributed by atoms with Gasteiger partial charge in [0.1, 0.15) is 17.2 Å². The summed E-state index contributed by atoms with van der Waals surface area (Å²) in [5.74, 6) is 1.53. The van der Waals surface area contributed by atoms with Crippen molar-refractivity contribution in [2.24, 2.45) is 5.73 Å². The van der Waals surface area contributed by atoms with Gasteiger partial charge >= 0.3 is 0 Å². The number of carbonyl (C=O) groups is 2. The molecule has 35 heavy (non-hydrogen) atoms. The highest BCUT2D eigenvalue weighted by atomic mass is 16.5. The van der Waals surface area contributed by atoms with Crippen molar-refractivity contribution < 1.29 is 19.1 Å². The molecule has 4 N–H and O–H groups in total. The lowest BCUT2D eigenvalue weighted by molar-refractivity contribution is -0.106. The van der Waals surface area contributed by atoms with E-state index in [0.29, 0.717) is 29.2 Å². The van der Waals surface area contributed by atoms with E-state index in [9.17, 15) is 4.79 Å². The van der Waals surface area contributed by atoms with Crippen LogP contribution in [0.25, 0.3) is 10.9 Å². The van der Waals surface area contributed by atoms with Crippen LogP contribution >= 0.6 is 0 Å². The molecule has 2 amide bonds. The summed E-state index contributed by atoms with van der Waals surface area (Å²) < 4.78 is 11.9. The fourth-order valence-electron chi connectivity index (χ4n) is 3.80. The van der Waals surface area contributed by atoms with Crippen LogP contribution in [0.15, 0.2) is 42.7 Å². The second-order valence-electron chi connectivity index (χ2n) is 8.74. The van der Waals surface area contributed by atoms with E-state index in [-0.39, 0.29) is 17.9 Å². The van der Waals surface area contributed by atoms with Crippen LogP contribution < -0.4 is 21.1 Å². The lowest BCUT2D eigenvalue weighted by Gasteiger charge is -2.30. The quantitative estimate of drug-likeness (QED) is 0.472. The highest BCUT2D eigenvalue weighted by Gasteiger charge is 2.23. The van der Waals surface area contributed by atoms with Crippen LogP contribution in [0.3, 0.4) is 0 Å². The average molecular weight is 481 g/mol. The summed E-state index contributed by atoms with van der Waals surface area (Å²) >= 11 is 0. The van der Waals surface area contributed by atoms with Gasteiger partial charge in [0.05, 0.1) is 11.1 Å². The number of primary amides is 1. The third-order valence-corrected chi connectivity index (χ3v) is 5.60. The van der Waals surface area contributed by atoms with E-state index in [2.05, 4.69) is 45.2 Å². The molecule has 10 nitrogen and oxygen atoms in total. The van der Waals surface area contributed by atoms with Gasteiger partial charge < -0.3 is 25.8 Å². The van der Waals surface area contributed by atoms with Gasteiger partial charge in [0.25, 0.3) is 5.91 Å². The average Bonchev–Trinajstić information content (AvgIpc) is 2.83. The Kier molecular flexibility index (Phi) is 8.91. The summed E-state index contributed by atoms with van der Waals surface area (Å²) in [5.41, 5.74) is 5.26. The largest absolute Gasteiger partial charge is 0.457 e. The van der Waals surface area contributed by atoms with Crippen LogP contribution in [0.2, 0.25) is 0 Å². The fraction of sp³-hybridized carbons (Fsp3) is 0.400. The van der Waals surface area contributed by atoms with E-state index in [1.54, 1.807) is 31.6 Å². The number of hydrogen-bond donors (Lipinski definition) is 3. The number of aromatic nitrogens is 3. The number of carbonyl (C=O) groups excluding carboxylic acids is 2. The molecule has 3 heterocycles. The van der Waals surface area contributed by atoms with Gasteiger partial charge in [0.2, 0.25) is 12.4 Å². The molecular formula is C25H32N6O4. The van der Waals surface area contributed by atoms with Crippen molar-refractivity contribution in [3.63, 3.8) is 0 Å². The highest BCUT2D eigenvalue weighted by molar-refractivity contribution is 5.92. The van der Waals surface area contributed by atoms with Crippen molar-refractivity contribution in [3.05, 3.63) is 48.4 Å². The van der Waals surface area contributed by atoms with Crippen LogP contribution in [0.1, 0.15) is 50.0 Å². The molecule has 1 fully saturated rings. The number of nitrogens with one attached hydrogen (secondary N) is 2. The van der Waals surface area contributed by atoms with Crippen LogP contribution in [0, 0.1) is 0 Å². The molecular weight excluding hydrogens is 448 g/mol. The zero-order chi connectivity index (χ0) is 25.3. The Morgan fingerprint density at radius 2 is 1.97 bits per heavy atom. The van der Waals surface area contributed by atoms with Crippen LogP contribution in [0.4, 0.5) is 5.95 Å². The van der Waals surface area contributed by atoms with Gasteiger partial charge in [-0.3, -0.25) is 14.6 Å². The second-order valence-corrected chi connectivity index (χ2v) is 8.74. The standard InChI is InChI=1S/C24H29N5O3.CH3NO/c1-24(2)10-4-5-17(9-12-31-24)28-23-27-15-16-13-18(6-7-20(16)29-23)32-19-8-11-26-21(14-19)22(30)25-3;2-1-3/h6-8,11,13-15,17H,4-5,9-10,12H2,1-3H3,(H,25,30)(H,27,28,29);1H,(H2,2,3). The van der Waals surface area contributed by atoms with Crippen molar-refractivity contribution in [2.75, 3.05) is 19.0 Å². The molecule has 10 heteroatoms. The Hall–Kier alpha value is -3.79. The highest BCUT2D eigenvalue weighted by Crippen LogP contribution is 2.27. The van der Waals surface area contributed by atoms with E-state index < -0.39 is 0 Å².